The van der Waals surface area contributed by atoms with Gasteiger partial charge in [-0.15, -0.1) is 11.3 Å². The molecule has 2 nitrogen and oxygen atoms in total. The highest BCUT2D eigenvalue weighted by Gasteiger charge is 2.30. The molecule has 0 aliphatic rings. The van der Waals surface area contributed by atoms with Crippen molar-refractivity contribution in [3.05, 3.63) is 88.6 Å². The Morgan fingerprint density at radius 1 is 0.828 bits per heavy atom. The van der Waals surface area contributed by atoms with Gasteiger partial charge in [-0.1, -0.05) is 36.4 Å². The maximum absolute atomic E-state index is 13.3. The van der Waals surface area contributed by atoms with Gasteiger partial charge in [0, 0.05) is 20.5 Å². The second-order valence-electron chi connectivity index (χ2n) is 6.44. The Hall–Kier alpha value is -3.12. The summed E-state index contributed by atoms with van der Waals surface area (Å²) >= 11 is 1.39. The minimum atomic E-state index is -4.41. The zero-order valence-electron chi connectivity index (χ0n) is 15.3. The minimum Gasteiger partial charge on any atom is -0.497 e. The van der Waals surface area contributed by atoms with Crippen LogP contribution in [-0.4, -0.2) is 7.11 Å². The topological polar surface area (TPSA) is 26.3 Å². The molecule has 0 atom stereocenters. The molecule has 0 aliphatic heterocycles. The molecule has 0 spiro atoms. The van der Waals surface area contributed by atoms with Crippen molar-refractivity contribution in [1.82, 2.24) is 0 Å². The van der Waals surface area contributed by atoms with Crippen molar-refractivity contribution in [2.24, 2.45) is 0 Å². The highest BCUT2D eigenvalue weighted by Crippen LogP contribution is 2.38. The van der Waals surface area contributed by atoms with Crippen molar-refractivity contribution in [3.8, 4) is 27.3 Å². The van der Waals surface area contributed by atoms with Crippen LogP contribution in [0.3, 0.4) is 0 Å². The first kappa shape index (κ1) is 19.2. The zero-order valence-corrected chi connectivity index (χ0v) is 16.1. The smallest absolute Gasteiger partial charge is 0.416 e. The molecule has 0 amide bonds. The van der Waals surface area contributed by atoms with Crippen molar-refractivity contribution in [2.75, 3.05) is 7.11 Å². The quantitative estimate of drug-likeness (QED) is 0.378. The second-order valence-corrected chi connectivity index (χ2v) is 7.49. The van der Waals surface area contributed by atoms with Gasteiger partial charge in [-0.25, -0.2) is 0 Å². The third kappa shape index (κ3) is 3.63. The lowest BCUT2D eigenvalue weighted by Crippen LogP contribution is -2.07. The average Bonchev–Trinajstić information content (AvgIpc) is 2.73. The molecule has 1 aromatic heterocycles. The van der Waals surface area contributed by atoms with E-state index in [4.69, 9.17) is 4.74 Å². The Labute approximate surface area is 168 Å². The van der Waals surface area contributed by atoms with Crippen molar-refractivity contribution in [3.63, 3.8) is 0 Å². The van der Waals surface area contributed by atoms with Crippen molar-refractivity contribution < 1.29 is 17.9 Å². The first-order valence-corrected chi connectivity index (χ1v) is 9.58. The van der Waals surface area contributed by atoms with Crippen LogP contribution in [0, 0.1) is 0 Å². The number of benzene rings is 3. The predicted molar refractivity (Wildman–Crippen MR) is 111 cm³/mol. The number of halogens is 3. The average molecular weight is 412 g/mol. The van der Waals surface area contributed by atoms with Crippen LogP contribution in [0.4, 0.5) is 13.2 Å². The summed E-state index contributed by atoms with van der Waals surface area (Å²) in [5.41, 5.74) is 0.847. The number of alkyl halides is 3. The van der Waals surface area contributed by atoms with Crippen LogP contribution in [0.5, 0.6) is 5.75 Å². The van der Waals surface area contributed by atoms with E-state index in [0.717, 1.165) is 16.8 Å². The number of methoxy groups -OCH3 is 1. The van der Waals surface area contributed by atoms with Crippen LogP contribution in [0.25, 0.3) is 31.7 Å². The van der Waals surface area contributed by atoms with Crippen LogP contribution in [-0.2, 0) is 6.18 Å². The van der Waals surface area contributed by atoms with E-state index in [1.165, 1.54) is 23.5 Å². The maximum Gasteiger partial charge on any atom is 0.416 e. The molecule has 4 aromatic rings. The predicted octanol–water partition coefficient (Wildman–Crippen LogP) is 6.62. The maximum atomic E-state index is 13.3. The van der Waals surface area contributed by atoms with E-state index in [9.17, 15) is 18.0 Å². The molecular weight excluding hydrogens is 397 g/mol. The zero-order chi connectivity index (χ0) is 20.6. The van der Waals surface area contributed by atoms with Gasteiger partial charge in [0.15, 0.2) is 5.43 Å². The molecule has 0 saturated heterocycles. The summed E-state index contributed by atoms with van der Waals surface area (Å²) in [5, 5.41) is 0.582. The Kier molecular flexibility index (Phi) is 4.88. The molecule has 0 unspecified atom stereocenters. The van der Waals surface area contributed by atoms with Crippen molar-refractivity contribution >= 4 is 21.4 Å². The number of fused-ring (bicyclic) bond motifs is 1. The third-order valence-electron chi connectivity index (χ3n) is 4.65. The van der Waals surface area contributed by atoms with Crippen LogP contribution < -0.4 is 10.2 Å². The summed E-state index contributed by atoms with van der Waals surface area (Å²) in [7, 11) is 1.56. The van der Waals surface area contributed by atoms with E-state index in [2.05, 4.69) is 0 Å². The minimum absolute atomic E-state index is 0.153. The van der Waals surface area contributed by atoms with Crippen molar-refractivity contribution in [2.45, 2.75) is 6.18 Å². The number of hydrogen-bond acceptors (Lipinski definition) is 3. The molecule has 1 heterocycles. The Bertz CT molecular complexity index is 1220. The van der Waals surface area contributed by atoms with Gasteiger partial charge in [-0.2, -0.15) is 13.2 Å². The fourth-order valence-corrected chi connectivity index (χ4v) is 4.38. The lowest BCUT2D eigenvalue weighted by Gasteiger charge is -2.13. The van der Waals surface area contributed by atoms with Gasteiger partial charge >= 0.3 is 6.18 Å². The SMILES string of the molecule is COc1ccc(-c2c(-c3ccc(C(F)(F)F)cc3)sc3ccccc3c2=O)cc1. The molecule has 6 heteroatoms. The van der Waals surface area contributed by atoms with Gasteiger partial charge in [-0.3, -0.25) is 4.79 Å². The van der Waals surface area contributed by atoms with E-state index in [-0.39, 0.29) is 5.43 Å². The van der Waals surface area contributed by atoms with Crippen LogP contribution in [0.1, 0.15) is 5.56 Å². The molecule has 3 aromatic carbocycles. The van der Waals surface area contributed by atoms with E-state index in [0.29, 0.717) is 32.7 Å². The molecule has 4 rings (SSSR count). The van der Waals surface area contributed by atoms with E-state index in [1.54, 1.807) is 43.5 Å². The fraction of sp³-hybridized carbons (Fsp3) is 0.0870. The lowest BCUT2D eigenvalue weighted by atomic mass is 9.99. The van der Waals surface area contributed by atoms with Crippen molar-refractivity contribution in [1.29, 1.82) is 0 Å². The summed E-state index contributed by atoms with van der Waals surface area (Å²) in [6.07, 6.45) is -4.41. The summed E-state index contributed by atoms with van der Waals surface area (Å²) < 4.78 is 44.8. The standard InChI is InChI=1S/C23H15F3O2S/c1-28-17-12-8-14(9-13-17)20-21(27)18-4-2-3-5-19(18)29-22(20)15-6-10-16(11-7-15)23(24,25)26/h2-13H,1H3. The molecule has 0 saturated carbocycles. The molecule has 29 heavy (non-hydrogen) atoms. The largest absolute Gasteiger partial charge is 0.497 e. The molecule has 0 radical (unpaired) electrons. The van der Waals surface area contributed by atoms with Gasteiger partial charge in [-0.05, 0) is 47.5 Å². The molecule has 146 valence electrons. The van der Waals surface area contributed by atoms with Gasteiger partial charge in [0.2, 0.25) is 0 Å². The summed E-state index contributed by atoms with van der Waals surface area (Å²) in [6, 6.07) is 19.2. The Morgan fingerprint density at radius 3 is 2.07 bits per heavy atom. The number of rotatable bonds is 3. The molecule has 0 N–H and O–H groups in total. The summed E-state index contributed by atoms with van der Waals surface area (Å²) in [5.74, 6) is 0.654. The monoisotopic (exact) mass is 412 g/mol. The van der Waals surface area contributed by atoms with E-state index < -0.39 is 11.7 Å². The van der Waals surface area contributed by atoms with Gasteiger partial charge in [0.1, 0.15) is 5.75 Å². The van der Waals surface area contributed by atoms with Gasteiger partial charge in [0.05, 0.1) is 12.7 Å². The molecule has 0 fully saturated rings. The molecule has 0 bridgehead atoms. The Morgan fingerprint density at radius 2 is 1.45 bits per heavy atom. The van der Waals surface area contributed by atoms with E-state index in [1.807, 2.05) is 12.1 Å². The van der Waals surface area contributed by atoms with Crippen LogP contribution >= 0.6 is 11.3 Å². The van der Waals surface area contributed by atoms with Crippen LogP contribution in [0.2, 0.25) is 0 Å². The highest BCUT2D eigenvalue weighted by molar-refractivity contribution is 7.22. The first-order valence-electron chi connectivity index (χ1n) is 8.76. The normalized spacial score (nSPS) is 11.6. The molecule has 0 aliphatic carbocycles. The van der Waals surface area contributed by atoms with Gasteiger partial charge < -0.3 is 4.74 Å². The number of ether oxygens (including phenoxy) is 1. The molecular formula is C23H15F3O2S. The third-order valence-corrected chi connectivity index (χ3v) is 5.87. The Balaban J connectivity index is 1.97. The summed E-state index contributed by atoms with van der Waals surface area (Å²) in [6.45, 7) is 0. The summed E-state index contributed by atoms with van der Waals surface area (Å²) in [4.78, 5) is 13.9. The van der Waals surface area contributed by atoms with Gasteiger partial charge in [0.25, 0.3) is 0 Å². The van der Waals surface area contributed by atoms with E-state index >= 15 is 0 Å². The first-order chi connectivity index (χ1) is 13.9. The number of hydrogen-bond donors (Lipinski definition) is 0. The fourth-order valence-electron chi connectivity index (χ4n) is 3.18. The second kappa shape index (κ2) is 7.37. The van der Waals surface area contributed by atoms with Crippen LogP contribution in [0.15, 0.2) is 77.6 Å². The highest BCUT2D eigenvalue weighted by atomic mass is 32.1. The lowest BCUT2D eigenvalue weighted by molar-refractivity contribution is -0.137.